The number of hydrogen-bond acceptors (Lipinski definition) is 3. The summed E-state index contributed by atoms with van der Waals surface area (Å²) in [5, 5.41) is 4.73. The van der Waals surface area contributed by atoms with Gasteiger partial charge >= 0.3 is 0 Å². The molecule has 130 valence electrons. The Morgan fingerprint density at radius 1 is 1.32 bits per heavy atom. The molecule has 1 aromatic carbocycles. The van der Waals surface area contributed by atoms with Crippen LogP contribution in [0.4, 0.5) is 4.39 Å². The minimum Gasteiger partial charge on any atom is -0.334 e. The van der Waals surface area contributed by atoms with E-state index in [0.717, 1.165) is 12.1 Å². The number of aromatic amines is 1. The number of nitrogens with one attached hydrogen (secondary N) is 1. The molecule has 0 bridgehead atoms. The standard InChI is InChI=1S/C18H19FN4O2/c1-3-22(10-12-9-20-23(4-2)11-12)18(25)15-8-17(24)21-16-7-13(19)5-6-14(15)16/h5-9,11H,3-4,10H2,1-2H3,(H,21,24). The van der Waals surface area contributed by atoms with Crippen LogP contribution in [0.3, 0.4) is 0 Å². The van der Waals surface area contributed by atoms with Gasteiger partial charge in [-0.2, -0.15) is 5.10 Å². The molecule has 6 nitrogen and oxygen atoms in total. The van der Waals surface area contributed by atoms with Crippen LogP contribution in [0.15, 0.2) is 41.5 Å². The van der Waals surface area contributed by atoms with Crippen molar-refractivity contribution in [3.05, 3.63) is 64.0 Å². The SMILES string of the molecule is CCN(Cc1cnn(CC)c1)C(=O)c1cc(=O)[nH]c2cc(F)ccc12. The lowest BCUT2D eigenvalue weighted by Crippen LogP contribution is -2.31. The number of halogens is 1. The first kappa shape index (κ1) is 16.9. The third kappa shape index (κ3) is 3.45. The van der Waals surface area contributed by atoms with Crippen molar-refractivity contribution in [3.8, 4) is 0 Å². The maximum Gasteiger partial charge on any atom is 0.255 e. The molecule has 7 heteroatoms. The minimum absolute atomic E-state index is 0.267. The van der Waals surface area contributed by atoms with Gasteiger partial charge in [-0.1, -0.05) is 0 Å². The summed E-state index contributed by atoms with van der Waals surface area (Å²) in [7, 11) is 0. The van der Waals surface area contributed by atoms with Gasteiger partial charge in [0.25, 0.3) is 5.91 Å². The second-order valence-corrected chi connectivity index (χ2v) is 5.76. The van der Waals surface area contributed by atoms with Gasteiger partial charge in [0.1, 0.15) is 5.82 Å². The van der Waals surface area contributed by atoms with Gasteiger partial charge < -0.3 is 9.88 Å². The van der Waals surface area contributed by atoms with E-state index in [1.807, 2.05) is 20.0 Å². The summed E-state index contributed by atoms with van der Waals surface area (Å²) >= 11 is 0. The first-order chi connectivity index (χ1) is 12.0. The van der Waals surface area contributed by atoms with E-state index in [1.54, 1.807) is 15.8 Å². The number of aryl methyl sites for hydroxylation is 1. The van der Waals surface area contributed by atoms with Crippen LogP contribution < -0.4 is 5.56 Å². The number of pyridine rings is 1. The molecular formula is C18H19FN4O2. The number of carbonyl (C=O) groups is 1. The van der Waals surface area contributed by atoms with Crippen LogP contribution in [0.25, 0.3) is 10.9 Å². The molecule has 0 radical (unpaired) electrons. The third-order valence-electron chi connectivity index (χ3n) is 4.09. The summed E-state index contributed by atoms with van der Waals surface area (Å²) in [5.74, 6) is -0.735. The van der Waals surface area contributed by atoms with Crippen molar-refractivity contribution in [1.82, 2.24) is 19.7 Å². The maximum absolute atomic E-state index is 13.4. The molecule has 3 aromatic rings. The van der Waals surface area contributed by atoms with Crippen LogP contribution in [0, 0.1) is 5.82 Å². The first-order valence-corrected chi connectivity index (χ1v) is 8.15. The van der Waals surface area contributed by atoms with Gasteiger partial charge in [0.05, 0.1) is 17.3 Å². The predicted octanol–water partition coefficient (Wildman–Crippen LogP) is 2.55. The minimum atomic E-state index is -0.466. The Balaban J connectivity index is 1.97. The van der Waals surface area contributed by atoms with Gasteiger partial charge in [0, 0.05) is 42.8 Å². The molecule has 0 saturated heterocycles. The zero-order chi connectivity index (χ0) is 18.0. The van der Waals surface area contributed by atoms with E-state index in [0.29, 0.717) is 24.0 Å². The molecule has 0 saturated carbocycles. The second kappa shape index (κ2) is 6.88. The summed E-state index contributed by atoms with van der Waals surface area (Å²) in [6.45, 7) is 5.49. The number of aromatic nitrogens is 3. The summed E-state index contributed by atoms with van der Waals surface area (Å²) in [4.78, 5) is 29.0. The molecule has 0 fully saturated rings. The van der Waals surface area contributed by atoms with Crippen LogP contribution in [0.1, 0.15) is 29.8 Å². The Bertz CT molecular complexity index is 977. The van der Waals surface area contributed by atoms with Gasteiger partial charge in [0.15, 0.2) is 0 Å². The van der Waals surface area contributed by atoms with Crippen LogP contribution in [-0.2, 0) is 13.1 Å². The average molecular weight is 342 g/mol. The number of hydrogen-bond donors (Lipinski definition) is 1. The summed E-state index contributed by atoms with van der Waals surface area (Å²) in [5.41, 5.74) is 1.06. The highest BCUT2D eigenvalue weighted by atomic mass is 19.1. The quantitative estimate of drug-likeness (QED) is 0.774. The molecule has 0 spiro atoms. The number of carbonyl (C=O) groups excluding carboxylic acids is 1. The zero-order valence-electron chi connectivity index (χ0n) is 14.1. The average Bonchev–Trinajstić information content (AvgIpc) is 3.05. The Labute approximate surface area is 143 Å². The van der Waals surface area contributed by atoms with E-state index in [9.17, 15) is 14.0 Å². The van der Waals surface area contributed by atoms with Gasteiger partial charge in [-0.15, -0.1) is 0 Å². The lowest BCUT2D eigenvalue weighted by atomic mass is 10.1. The number of nitrogens with zero attached hydrogens (tertiary/aromatic N) is 3. The Hall–Kier alpha value is -2.96. The molecule has 1 amide bonds. The van der Waals surface area contributed by atoms with Crippen LogP contribution in [-0.4, -0.2) is 32.1 Å². The molecule has 0 aliphatic carbocycles. The molecule has 25 heavy (non-hydrogen) atoms. The van der Waals surface area contributed by atoms with E-state index >= 15 is 0 Å². The van der Waals surface area contributed by atoms with E-state index in [-0.39, 0.29) is 11.5 Å². The molecule has 2 aromatic heterocycles. The zero-order valence-corrected chi connectivity index (χ0v) is 14.1. The van der Waals surface area contributed by atoms with Gasteiger partial charge in [-0.05, 0) is 32.0 Å². The van der Waals surface area contributed by atoms with Gasteiger partial charge in [-0.3, -0.25) is 14.3 Å². The van der Waals surface area contributed by atoms with Crippen molar-refractivity contribution < 1.29 is 9.18 Å². The molecule has 1 N–H and O–H groups in total. The number of amides is 1. The smallest absolute Gasteiger partial charge is 0.255 e. The Kier molecular flexibility index (Phi) is 4.65. The largest absolute Gasteiger partial charge is 0.334 e. The topological polar surface area (TPSA) is 71.0 Å². The molecule has 3 rings (SSSR count). The summed E-state index contributed by atoms with van der Waals surface area (Å²) in [6, 6.07) is 5.27. The fourth-order valence-corrected chi connectivity index (χ4v) is 2.79. The van der Waals surface area contributed by atoms with Gasteiger partial charge in [-0.25, -0.2) is 4.39 Å². The highest BCUT2D eigenvalue weighted by Gasteiger charge is 2.19. The molecule has 0 unspecified atom stereocenters. The number of fused-ring (bicyclic) bond motifs is 1. The third-order valence-corrected chi connectivity index (χ3v) is 4.09. The Morgan fingerprint density at radius 3 is 2.80 bits per heavy atom. The van der Waals surface area contributed by atoms with Crippen molar-refractivity contribution in [2.24, 2.45) is 0 Å². The normalized spacial score (nSPS) is 11.0. The lowest BCUT2D eigenvalue weighted by Gasteiger charge is -2.21. The second-order valence-electron chi connectivity index (χ2n) is 5.76. The monoisotopic (exact) mass is 342 g/mol. The van der Waals surface area contributed by atoms with Gasteiger partial charge in [0.2, 0.25) is 5.56 Å². The van der Waals surface area contributed by atoms with E-state index in [2.05, 4.69) is 10.1 Å². The highest BCUT2D eigenvalue weighted by molar-refractivity contribution is 6.05. The summed E-state index contributed by atoms with van der Waals surface area (Å²) < 4.78 is 15.2. The van der Waals surface area contributed by atoms with E-state index in [4.69, 9.17) is 0 Å². The molecule has 0 aliphatic rings. The first-order valence-electron chi connectivity index (χ1n) is 8.15. The molecular weight excluding hydrogens is 323 g/mol. The highest BCUT2D eigenvalue weighted by Crippen LogP contribution is 2.19. The van der Waals surface area contributed by atoms with Crippen molar-refractivity contribution in [2.75, 3.05) is 6.54 Å². The van der Waals surface area contributed by atoms with Crippen molar-refractivity contribution in [2.45, 2.75) is 26.9 Å². The molecule has 0 aliphatic heterocycles. The van der Waals surface area contributed by atoms with Crippen molar-refractivity contribution >= 4 is 16.8 Å². The van der Waals surface area contributed by atoms with Crippen LogP contribution in [0.2, 0.25) is 0 Å². The Morgan fingerprint density at radius 2 is 2.12 bits per heavy atom. The van der Waals surface area contributed by atoms with E-state index in [1.165, 1.54) is 24.3 Å². The molecule has 0 atom stereocenters. The maximum atomic E-state index is 13.4. The summed E-state index contributed by atoms with van der Waals surface area (Å²) in [6.07, 6.45) is 3.62. The predicted molar refractivity (Wildman–Crippen MR) is 92.8 cm³/mol. The van der Waals surface area contributed by atoms with E-state index < -0.39 is 11.4 Å². The number of rotatable bonds is 5. The van der Waals surface area contributed by atoms with Crippen LogP contribution in [0.5, 0.6) is 0 Å². The lowest BCUT2D eigenvalue weighted by molar-refractivity contribution is 0.0754. The van der Waals surface area contributed by atoms with Crippen molar-refractivity contribution in [1.29, 1.82) is 0 Å². The number of H-pyrrole nitrogens is 1. The molecule has 2 heterocycles. The fraction of sp³-hybridized carbons (Fsp3) is 0.278. The van der Waals surface area contributed by atoms with Crippen molar-refractivity contribution in [3.63, 3.8) is 0 Å². The van der Waals surface area contributed by atoms with Crippen LogP contribution >= 0.6 is 0 Å². The number of benzene rings is 1. The fourth-order valence-electron chi connectivity index (χ4n) is 2.79.